The van der Waals surface area contributed by atoms with Crippen LogP contribution in [0.2, 0.25) is 0 Å². The van der Waals surface area contributed by atoms with Crippen LogP contribution in [-0.4, -0.2) is 33.8 Å². The van der Waals surface area contributed by atoms with Gasteiger partial charge in [-0.3, -0.25) is 4.79 Å². The number of amides is 1. The van der Waals surface area contributed by atoms with E-state index in [-0.39, 0.29) is 5.91 Å². The third-order valence-electron chi connectivity index (χ3n) is 1.99. The van der Waals surface area contributed by atoms with Crippen LogP contribution in [0.5, 0.6) is 0 Å². The predicted octanol–water partition coefficient (Wildman–Crippen LogP) is -0.569. The Kier molecular flexibility index (Phi) is 4.76. The molecule has 0 unspecified atom stereocenters. The predicted molar refractivity (Wildman–Crippen MR) is 56.0 cm³/mol. The molecule has 0 atom stereocenters. The zero-order valence-electron chi connectivity index (χ0n) is 9.16. The number of nitrogens with one attached hydrogen (secondary N) is 2. The van der Waals surface area contributed by atoms with Gasteiger partial charge in [-0.25, -0.2) is 0 Å². The fraction of sp³-hybridized carbons (Fsp3) is 0.667. The van der Waals surface area contributed by atoms with E-state index in [1.165, 1.54) is 0 Å². The molecule has 6 heteroatoms. The van der Waals surface area contributed by atoms with Gasteiger partial charge >= 0.3 is 0 Å². The molecule has 1 amide bonds. The van der Waals surface area contributed by atoms with Crippen molar-refractivity contribution in [3.05, 3.63) is 12.2 Å². The van der Waals surface area contributed by atoms with Crippen molar-refractivity contribution in [2.75, 3.05) is 13.1 Å². The van der Waals surface area contributed by atoms with Gasteiger partial charge < -0.3 is 15.2 Å². The Labute approximate surface area is 89.1 Å². The molecular formula is C9H17N5O. The maximum atomic E-state index is 11.1. The Morgan fingerprint density at radius 1 is 1.60 bits per heavy atom. The van der Waals surface area contributed by atoms with E-state index in [1.54, 1.807) is 6.33 Å². The lowest BCUT2D eigenvalue weighted by molar-refractivity contribution is -0.120. The molecule has 1 aromatic heterocycles. The highest BCUT2D eigenvalue weighted by Crippen LogP contribution is 1.89. The second kappa shape index (κ2) is 6.13. The molecular weight excluding hydrogens is 194 g/mol. The second-order valence-corrected chi connectivity index (χ2v) is 3.24. The third kappa shape index (κ3) is 4.07. The molecule has 0 fully saturated rings. The van der Waals surface area contributed by atoms with Crippen LogP contribution in [0, 0.1) is 0 Å². The first-order valence-electron chi connectivity index (χ1n) is 5.04. The van der Waals surface area contributed by atoms with Gasteiger partial charge in [0.05, 0.1) is 6.54 Å². The van der Waals surface area contributed by atoms with Gasteiger partial charge in [-0.1, -0.05) is 0 Å². The monoisotopic (exact) mass is 211 g/mol. The molecule has 0 bridgehead atoms. The van der Waals surface area contributed by atoms with Crippen molar-refractivity contribution in [3.63, 3.8) is 0 Å². The fourth-order valence-corrected chi connectivity index (χ4v) is 1.15. The summed E-state index contributed by atoms with van der Waals surface area (Å²) < 4.78 is 1.85. The highest BCUT2D eigenvalue weighted by Gasteiger charge is 2.01. The number of nitrogens with zero attached hydrogens (tertiary/aromatic N) is 3. The molecule has 1 heterocycles. The number of hydrogen-bond donors (Lipinski definition) is 2. The first-order chi connectivity index (χ1) is 7.24. The summed E-state index contributed by atoms with van der Waals surface area (Å²) in [6.07, 6.45) is 2.15. The van der Waals surface area contributed by atoms with Crippen LogP contribution in [-0.2, 0) is 18.4 Å². The van der Waals surface area contributed by atoms with Crippen molar-refractivity contribution in [2.24, 2.45) is 7.05 Å². The summed E-state index contributed by atoms with van der Waals surface area (Å²) in [5.41, 5.74) is 0. The van der Waals surface area contributed by atoms with Crippen molar-refractivity contribution in [3.8, 4) is 0 Å². The largest absolute Gasteiger partial charge is 0.356 e. The molecule has 0 aliphatic carbocycles. The van der Waals surface area contributed by atoms with Crippen molar-refractivity contribution in [1.29, 1.82) is 0 Å². The van der Waals surface area contributed by atoms with Crippen LogP contribution in [0.25, 0.3) is 0 Å². The van der Waals surface area contributed by atoms with Crippen LogP contribution < -0.4 is 10.6 Å². The summed E-state index contributed by atoms with van der Waals surface area (Å²) in [7, 11) is 1.89. The summed E-state index contributed by atoms with van der Waals surface area (Å²) in [6, 6.07) is 0. The lowest BCUT2D eigenvalue weighted by atomic mass is 10.4. The van der Waals surface area contributed by atoms with E-state index in [9.17, 15) is 4.79 Å². The summed E-state index contributed by atoms with van der Waals surface area (Å²) in [6.45, 7) is 3.88. The van der Waals surface area contributed by atoms with Crippen LogP contribution in [0.4, 0.5) is 0 Å². The van der Waals surface area contributed by atoms with Crippen LogP contribution in [0.15, 0.2) is 6.33 Å². The van der Waals surface area contributed by atoms with E-state index < -0.39 is 0 Å². The highest BCUT2D eigenvalue weighted by molar-refractivity contribution is 5.75. The van der Waals surface area contributed by atoms with Gasteiger partial charge in [-0.15, -0.1) is 10.2 Å². The van der Waals surface area contributed by atoms with E-state index in [1.807, 2.05) is 18.5 Å². The second-order valence-electron chi connectivity index (χ2n) is 3.24. The van der Waals surface area contributed by atoms with Gasteiger partial charge in [0.25, 0.3) is 0 Å². The fourth-order valence-electron chi connectivity index (χ4n) is 1.15. The zero-order chi connectivity index (χ0) is 11.1. The molecule has 0 saturated heterocycles. The van der Waals surface area contributed by atoms with E-state index in [4.69, 9.17) is 0 Å². The summed E-state index contributed by atoms with van der Waals surface area (Å²) >= 11 is 0. The summed E-state index contributed by atoms with van der Waals surface area (Å²) in [5.74, 6) is 0.939. The number of carbonyl (C=O) groups excluding carboxylic acids is 1. The van der Waals surface area contributed by atoms with Gasteiger partial charge in [-0.05, 0) is 6.92 Å². The van der Waals surface area contributed by atoms with E-state index in [0.29, 0.717) is 26.1 Å². The Hall–Kier alpha value is -1.43. The van der Waals surface area contributed by atoms with Crippen molar-refractivity contribution in [1.82, 2.24) is 25.4 Å². The molecule has 0 radical (unpaired) electrons. The number of rotatable bonds is 6. The van der Waals surface area contributed by atoms with Crippen molar-refractivity contribution >= 4 is 5.91 Å². The van der Waals surface area contributed by atoms with Gasteiger partial charge in [0.1, 0.15) is 12.2 Å². The molecule has 84 valence electrons. The number of hydrogen-bond acceptors (Lipinski definition) is 4. The highest BCUT2D eigenvalue weighted by atomic mass is 16.1. The standard InChI is InChI=1S/C9H17N5O/c1-3-11-9(15)4-5-10-6-8-13-12-7-14(8)2/h7,10H,3-6H2,1-2H3,(H,11,15). The molecule has 0 aromatic carbocycles. The van der Waals surface area contributed by atoms with Gasteiger partial charge in [0.2, 0.25) is 5.91 Å². The normalized spacial score (nSPS) is 10.3. The molecule has 0 spiro atoms. The minimum absolute atomic E-state index is 0.0722. The zero-order valence-corrected chi connectivity index (χ0v) is 9.16. The molecule has 0 saturated carbocycles. The summed E-state index contributed by atoms with van der Waals surface area (Å²) in [4.78, 5) is 11.1. The van der Waals surface area contributed by atoms with Gasteiger partial charge in [0, 0.05) is 26.6 Å². The smallest absolute Gasteiger partial charge is 0.221 e. The lowest BCUT2D eigenvalue weighted by Gasteiger charge is -2.04. The van der Waals surface area contributed by atoms with Crippen molar-refractivity contribution < 1.29 is 4.79 Å². The molecule has 15 heavy (non-hydrogen) atoms. The van der Waals surface area contributed by atoms with E-state index >= 15 is 0 Å². The molecule has 1 rings (SSSR count). The maximum Gasteiger partial charge on any atom is 0.221 e. The first kappa shape index (κ1) is 11.6. The van der Waals surface area contributed by atoms with Crippen LogP contribution in [0.3, 0.4) is 0 Å². The third-order valence-corrected chi connectivity index (χ3v) is 1.99. The van der Waals surface area contributed by atoms with Gasteiger partial charge in [-0.2, -0.15) is 0 Å². The van der Waals surface area contributed by atoms with E-state index in [0.717, 1.165) is 5.82 Å². The Bertz CT molecular complexity index is 309. The number of carbonyl (C=O) groups is 1. The minimum atomic E-state index is 0.0722. The van der Waals surface area contributed by atoms with E-state index in [2.05, 4.69) is 20.8 Å². The Balaban J connectivity index is 2.12. The number of aryl methyl sites for hydroxylation is 1. The van der Waals surface area contributed by atoms with Crippen LogP contribution in [0.1, 0.15) is 19.2 Å². The SMILES string of the molecule is CCNC(=O)CCNCc1nncn1C. The van der Waals surface area contributed by atoms with Crippen molar-refractivity contribution in [2.45, 2.75) is 19.9 Å². The van der Waals surface area contributed by atoms with Gasteiger partial charge in [0.15, 0.2) is 0 Å². The average Bonchev–Trinajstić information content (AvgIpc) is 2.60. The molecule has 0 aliphatic rings. The lowest BCUT2D eigenvalue weighted by Crippen LogP contribution is -2.27. The quantitative estimate of drug-likeness (QED) is 0.618. The number of aromatic nitrogens is 3. The minimum Gasteiger partial charge on any atom is -0.356 e. The Morgan fingerprint density at radius 3 is 3.00 bits per heavy atom. The van der Waals surface area contributed by atoms with Crippen LogP contribution >= 0.6 is 0 Å². The average molecular weight is 211 g/mol. The maximum absolute atomic E-state index is 11.1. The molecule has 1 aromatic rings. The molecule has 6 nitrogen and oxygen atoms in total. The molecule has 0 aliphatic heterocycles. The molecule has 2 N–H and O–H groups in total. The Morgan fingerprint density at radius 2 is 2.40 bits per heavy atom. The summed E-state index contributed by atoms with van der Waals surface area (Å²) in [5, 5.41) is 13.5. The topological polar surface area (TPSA) is 71.8 Å². The first-order valence-corrected chi connectivity index (χ1v) is 5.04.